The van der Waals surface area contributed by atoms with E-state index in [4.69, 9.17) is 9.47 Å². The summed E-state index contributed by atoms with van der Waals surface area (Å²) >= 11 is 0. The van der Waals surface area contributed by atoms with Crippen LogP contribution in [0.2, 0.25) is 0 Å². The topological polar surface area (TPSA) is 59.1 Å². The minimum Gasteiger partial charge on any atom is -0.349 e. The number of hydrogen-bond acceptors (Lipinski definition) is 4. The van der Waals surface area contributed by atoms with Gasteiger partial charge in [0.1, 0.15) is 6.67 Å². The first-order chi connectivity index (χ1) is 12.3. The fourth-order valence-corrected chi connectivity index (χ4v) is 2.73. The Bertz CT molecular complexity index is 621. The average molecular weight is 340 g/mol. The van der Waals surface area contributed by atoms with Crippen LogP contribution in [0.4, 0.5) is 0 Å². The van der Waals surface area contributed by atoms with Gasteiger partial charge in [-0.05, 0) is 11.1 Å². The van der Waals surface area contributed by atoms with Crippen LogP contribution >= 0.6 is 0 Å². The number of carbonyl (C=O) groups excluding carboxylic acids is 2. The molecular weight excluding hydrogens is 320 g/mol. The maximum Gasteiger partial charge on any atom is 0.213 e. The van der Waals surface area contributed by atoms with E-state index >= 15 is 0 Å². The summed E-state index contributed by atoms with van der Waals surface area (Å²) in [6.45, 7) is 0.799. The molecule has 2 aromatic rings. The average Bonchev–Trinajstić information content (AvgIpc) is 3.03. The zero-order valence-electron chi connectivity index (χ0n) is 13.7. The van der Waals surface area contributed by atoms with Crippen LogP contribution in [0.1, 0.15) is 11.1 Å². The number of benzene rings is 2. The highest BCUT2D eigenvalue weighted by Crippen LogP contribution is 2.23. The molecule has 0 saturated carbocycles. The largest absolute Gasteiger partial charge is 0.349 e. The van der Waals surface area contributed by atoms with Crippen LogP contribution < -0.4 is 0 Å². The summed E-state index contributed by atoms with van der Waals surface area (Å²) in [5.41, 5.74) is 1.97. The number of carbonyl (C=O) groups is 2. The summed E-state index contributed by atoms with van der Waals surface area (Å²) < 4.78 is 11.8. The molecule has 2 amide bonds. The van der Waals surface area contributed by atoms with Gasteiger partial charge in [0, 0.05) is 0 Å². The van der Waals surface area contributed by atoms with Crippen molar-refractivity contribution in [2.24, 2.45) is 0 Å². The van der Waals surface area contributed by atoms with Crippen LogP contribution in [0.5, 0.6) is 0 Å². The number of ether oxygens (including phenoxy) is 2. The van der Waals surface area contributed by atoms with Gasteiger partial charge >= 0.3 is 0 Å². The highest BCUT2D eigenvalue weighted by Gasteiger charge is 2.40. The Morgan fingerprint density at radius 1 is 0.760 bits per heavy atom. The molecule has 0 bridgehead atoms. The van der Waals surface area contributed by atoms with E-state index in [2.05, 4.69) is 0 Å². The van der Waals surface area contributed by atoms with Gasteiger partial charge in [0.25, 0.3) is 0 Å². The second-order valence-corrected chi connectivity index (χ2v) is 5.76. The molecule has 130 valence electrons. The number of amides is 2. The highest BCUT2D eigenvalue weighted by atomic mass is 16.6. The Kier molecular flexibility index (Phi) is 5.77. The molecule has 2 unspecified atom stereocenters. The fraction of sp³-hybridized carbons (Fsp3) is 0.263. The molecule has 6 nitrogen and oxygen atoms in total. The smallest absolute Gasteiger partial charge is 0.213 e. The van der Waals surface area contributed by atoms with Gasteiger partial charge in [0.15, 0.2) is 12.5 Å². The van der Waals surface area contributed by atoms with Gasteiger partial charge in [-0.3, -0.25) is 19.4 Å². The van der Waals surface area contributed by atoms with Crippen LogP contribution in [0, 0.1) is 0 Å². The fourth-order valence-electron chi connectivity index (χ4n) is 2.73. The van der Waals surface area contributed by atoms with Gasteiger partial charge in [-0.25, -0.2) is 0 Å². The van der Waals surface area contributed by atoms with Gasteiger partial charge in [-0.1, -0.05) is 60.7 Å². The second-order valence-electron chi connectivity index (χ2n) is 5.76. The summed E-state index contributed by atoms with van der Waals surface area (Å²) in [7, 11) is 0. The molecule has 1 heterocycles. The molecule has 1 fully saturated rings. The Balaban J connectivity index is 1.68. The van der Waals surface area contributed by atoms with Crippen LogP contribution in [0.15, 0.2) is 60.7 Å². The first-order valence-electron chi connectivity index (χ1n) is 8.05. The SMILES string of the molecule is O=CN1CN(C=O)C(OCc2ccccc2)C1OCc1ccccc1. The summed E-state index contributed by atoms with van der Waals surface area (Å²) in [6, 6.07) is 19.3. The lowest BCUT2D eigenvalue weighted by atomic mass is 10.2. The van der Waals surface area contributed by atoms with E-state index in [1.54, 1.807) is 0 Å². The van der Waals surface area contributed by atoms with Crippen LogP contribution in [0.3, 0.4) is 0 Å². The highest BCUT2D eigenvalue weighted by molar-refractivity contribution is 5.53. The molecule has 0 N–H and O–H groups in total. The summed E-state index contributed by atoms with van der Waals surface area (Å²) in [5.74, 6) is 0. The van der Waals surface area contributed by atoms with E-state index in [1.165, 1.54) is 9.80 Å². The molecule has 1 aliphatic rings. The molecule has 3 rings (SSSR count). The van der Waals surface area contributed by atoms with E-state index in [1.807, 2.05) is 60.7 Å². The number of nitrogens with zero attached hydrogens (tertiary/aromatic N) is 2. The molecule has 0 spiro atoms. The molecule has 2 atom stereocenters. The summed E-state index contributed by atoms with van der Waals surface area (Å²) in [6.07, 6.45) is 0.0639. The number of rotatable bonds is 8. The van der Waals surface area contributed by atoms with Crippen molar-refractivity contribution in [1.82, 2.24) is 9.80 Å². The summed E-state index contributed by atoms with van der Waals surface area (Å²) in [4.78, 5) is 25.6. The van der Waals surface area contributed by atoms with E-state index < -0.39 is 12.5 Å². The van der Waals surface area contributed by atoms with Crippen molar-refractivity contribution in [3.05, 3.63) is 71.8 Å². The second kappa shape index (κ2) is 8.41. The minimum atomic E-state index is -0.647. The van der Waals surface area contributed by atoms with Crippen molar-refractivity contribution in [1.29, 1.82) is 0 Å². The van der Waals surface area contributed by atoms with Crippen molar-refractivity contribution in [2.75, 3.05) is 6.67 Å². The van der Waals surface area contributed by atoms with E-state index in [9.17, 15) is 9.59 Å². The quantitative estimate of drug-likeness (QED) is 0.689. The molecule has 1 saturated heterocycles. The maximum atomic E-state index is 11.4. The molecule has 2 aromatic carbocycles. The maximum absolute atomic E-state index is 11.4. The first kappa shape index (κ1) is 17.1. The monoisotopic (exact) mass is 340 g/mol. The normalized spacial score (nSPS) is 19.8. The lowest BCUT2D eigenvalue weighted by Gasteiger charge is -2.25. The first-order valence-corrected chi connectivity index (χ1v) is 8.05. The lowest BCUT2D eigenvalue weighted by Crippen LogP contribution is -2.40. The molecule has 0 aliphatic carbocycles. The third-order valence-electron chi connectivity index (χ3n) is 4.02. The molecule has 0 aromatic heterocycles. The zero-order valence-corrected chi connectivity index (χ0v) is 13.7. The van der Waals surface area contributed by atoms with Crippen LogP contribution in [0.25, 0.3) is 0 Å². The third-order valence-corrected chi connectivity index (χ3v) is 4.02. The van der Waals surface area contributed by atoms with Crippen molar-refractivity contribution >= 4 is 12.8 Å². The van der Waals surface area contributed by atoms with Crippen LogP contribution in [-0.4, -0.2) is 41.7 Å². The summed E-state index contributed by atoms with van der Waals surface area (Å²) in [5, 5.41) is 0. The Labute approximate surface area is 146 Å². The van der Waals surface area contributed by atoms with E-state index in [0.717, 1.165) is 11.1 Å². The Morgan fingerprint density at radius 3 is 1.52 bits per heavy atom. The molecular formula is C19H20N2O4. The predicted molar refractivity (Wildman–Crippen MR) is 90.7 cm³/mol. The van der Waals surface area contributed by atoms with E-state index in [-0.39, 0.29) is 6.67 Å². The molecule has 6 heteroatoms. The molecule has 25 heavy (non-hydrogen) atoms. The van der Waals surface area contributed by atoms with Gasteiger partial charge in [0.2, 0.25) is 12.8 Å². The Hall–Kier alpha value is -2.70. The predicted octanol–water partition coefficient (Wildman–Crippen LogP) is 1.96. The van der Waals surface area contributed by atoms with Crippen molar-refractivity contribution < 1.29 is 19.1 Å². The van der Waals surface area contributed by atoms with Crippen LogP contribution in [-0.2, 0) is 32.3 Å². The lowest BCUT2D eigenvalue weighted by molar-refractivity contribution is -0.159. The third kappa shape index (κ3) is 4.23. The zero-order chi connectivity index (χ0) is 17.5. The van der Waals surface area contributed by atoms with Gasteiger partial charge in [0.05, 0.1) is 13.2 Å². The van der Waals surface area contributed by atoms with Crippen molar-refractivity contribution in [2.45, 2.75) is 25.7 Å². The van der Waals surface area contributed by atoms with Crippen molar-refractivity contribution in [3.8, 4) is 0 Å². The van der Waals surface area contributed by atoms with Crippen molar-refractivity contribution in [3.63, 3.8) is 0 Å². The van der Waals surface area contributed by atoms with E-state index in [0.29, 0.717) is 26.0 Å². The molecule has 0 radical (unpaired) electrons. The van der Waals surface area contributed by atoms with Gasteiger partial charge in [-0.15, -0.1) is 0 Å². The minimum absolute atomic E-state index is 0.145. The standard InChI is InChI=1S/C19H20N2O4/c22-14-20-13-21(15-23)19(25-12-17-9-5-2-6-10-17)18(20)24-11-16-7-3-1-4-8-16/h1-10,14-15,18-19H,11-13H2. The Morgan fingerprint density at radius 2 is 1.16 bits per heavy atom. The van der Waals surface area contributed by atoms with Gasteiger partial charge < -0.3 is 9.47 Å². The molecule has 1 aliphatic heterocycles. The van der Waals surface area contributed by atoms with Gasteiger partial charge in [-0.2, -0.15) is 0 Å². The number of hydrogen-bond donors (Lipinski definition) is 0.